The van der Waals surface area contributed by atoms with Crippen LogP contribution < -0.4 is 0 Å². The van der Waals surface area contributed by atoms with Crippen molar-refractivity contribution < 1.29 is 0 Å². The fourth-order valence-electron chi connectivity index (χ4n) is 2.24. The van der Waals surface area contributed by atoms with E-state index in [-0.39, 0.29) is 0 Å². The van der Waals surface area contributed by atoms with Gasteiger partial charge in [0.25, 0.3) is 0 Å². The van der Waals surface area contributed by atoms with Crippen LogP contribution >= 0.6 is 11.6 Å². The summed E-state index contributed by atoms with van der Waals surface area (Å²) in [5.41, 5.74) is 2.23. The monoisotopic (exact) mass is 255 g/mol. The number of hydrogen-bond donors (Lipinski definition) is 0. The third-order valence-corrected chi connectivity index (χ3v) is 3.90. The van der Waals surface area contributed by atoms with Gasteiger partial charge in [-0.25, -0.2) is 4.68 Å². The molecule has 1 aromatic heterocycles. The Bertz CT molecular complexity index is 369. The number of halogens is 1. The maximum atomic E-state index is 5.94. The van der Waals surface area contributed by atoms with Gasteiger partial charge >= 0.3 is 0 Å². The van der Waals surface area contributed by atoms with Crippen molar-refractivity contribution in [1.82, 2.24) is 15.0 Å². The minimum absolute atomic E-state index is 0.477. The summed E-state index contributed by atoms with van der Waals surface area (Å²) in [5, 5.41) is 8.53. The van der Waals surface area contributed by atoms with Crippen LogP contribution in [0.2, 0.25) is 0 Å². The molecule has 0 aliphatic heterocycles. The maximum absolute atomic E-state index is 5.94. The van der Waals surface area contributed by atoms with Crippen molar-refractivity contribution >= 4 is 11.6 Å². The molecular formula is C13H22ClN3. The van der Waals surface area contributed by atoms with Gasteiger partial charge in [-0.1, -0.05) is 19.1 Å². The summed E-state index contributed by atoms with van der Waals surface area (Å²) in [4.78, 5) is 0. The Hall–Kier alpha value is -0.570. The van der Waals surface area contributed by atoms with Gasteiger partial charge in [0.15, 0.2) is 0 Å². The van der Waals surface area contributed by atoms with Gasteiger partial charge in [0.2, 0.25) is 0 Å². The SMILES string of the molecule is CC(C)CCc1c(CCl)nnn1C(C)C1CC1. The molecule has 3 nitrogen and oxygen atoms in total. The van der Waals surface area contributed by atoms with Crippen LogP contribution in [0.25, 0.3) is 0 Å². The zero-order valence-electron chi connectivity index (χ0n) is 11.0. The molecule has 0 N–H and O–H groups in total. The Kier molecular flexibility index (Phi) is 4.08. The summed E-state index contributed by atoms with van der Waals surface area (Å²) >= 11 is 5.94. The van der Waals surface area contributed by atoms with Crippen molar-refractivity contribution in [3.63, 3.8) is 0 Å². The second-order valence-corrected chi connectivity index (χ2v) is 5.84. The summed E-state index contributed by atoms with van der Waals surface area (Å²) in [6, 6.07) is 0.488. The molecular weight excluding hydrogens is 234 g/mol. The molecule has 1 atom stereocenters. The van der Waals surface area contributed by atoms with Crippen LogP contribution in [0.4, 0.5) is 0 Å². The molecule has 4 heteroatoms. The molecule has 0 bridgehead atoms. The molecule has 1 saturated carbocycles. The lowest BCUT2D eigenvalue weighted by Crippen LogP contribution is -2.13. The van der Waals surface area contributed by atoms with Gasteiger partial charge < -0.3 is 0 Å². The molecule has 0 spiro atoms. The summed E-state index contributed by atoms with van der Waals surface area (Å²) < 4.78 is 2.12. The summed E-state index contributed by atoms with van der Waals surface area (Å²) in [5.74, 6) is 1.99. The quantitative estimate of drug-likeness (QED) is 0.728. The van der Waals surface area contributed by atoms with Crippen molar-refractivity contribution in [3.05, 3.63) is 11.4 Å². The van der Waals surface area contributed by atoms with Crippen LogP contribution in [0.1, 0.15) is 57.5 Å². The first-order valence-electron chi connectivity index (χ1n) is 6.62. The second kappa shape index (κ2) is 5.38. The van der Waals surface area contributed by atoms with E-state index in [0.29, 0.717) is 17.8 Å². The Labute approximate surface area is 109 Å². The van der Waals surface area contributed by atoms with Gasteiger partial charge in [-0.2, -0.15) is 0 Å². The topological polar surface area (TPSA) is 30.7 Å². The molecule has 2 rings (SSSR count). The molecule has 1 fully saturated rings. The molecule has 0 radical (unpaired) electrons. The lowest BCUT2D eigenvalue weighted by atomic mass is 10.0. The third kappa shape index (κ3) is 3.01. The molecule has 1 aromatic rings. The van der Waals surface area contributed by atoms with Crippen LogP contribution in [-0.2, 0) is 12.3 Å². The van der Waals surface area contributed by atoms with Crippen LogP contribution in [0.15, 0.2) is 0 Å². The van der Waals surface area contributed by atoms with Gasteiger partial charge in [0.1, 0.15) is 5.69 Å². The molecule has 1 unspecified atom stereocenters. The average Bonchev–Trinajstić information content (AvgIpc) is 3.05. The van der Waals surface area contributed by atoms with Crippen molar-refractivity contribution in [3.8, 4) is 0 Å². The molecule has 1 aliphatic carbocycles. The van der Waals surface area contributed by atoms with Gasteiger partial charge in [0, 0.05) is 0 Å². The number of aromatic nitrogens is 3. The minimum Gasteiger partial charge on any atom is -0.246 e. The van der Waals surface area contributed by atoms with Crippen molar-refractivity contribution in [1.29, 1.82) is 0 Å². The van der Waals surface area contributed by atoms with E-state index >= 15 is 0 Å². The molecule has 0 amide bonds. The van der Waals surface area contributed by atoms with Crippen molar-refractivity contribution in [2.45, 2.75) is 58.4 Å². The minimum atomic E-state index is 0.477. The largest absolute Gasteiger partial charge is 0.246 e. The predicted molar refractivity (Wildman–Crippen MR) is 70.2 cm³/mol. The highest BCUT2D eigenvalue weighted by Gasteiger charge is 2.31. The number of rotatable bonds is 6. The van der Waals surface area contributed by atoms with Crippen LogP contribution in [0, 0.1) is 11.8 Å². The molecule has 0 saturated heterocycles. The average molecular weight is 256 g/mol. The van der Waals surface area contributed by atoms with E-state index in [9.17, 15) is 0 Å². The van der Waals surface area contributed by atoms with E-state index < -0.39 is 0 Å². The Balaban J connectivity index is 2.15. The highest BCUT2D eigenvalue weighted by Crippen LogP contribution is 2.39. The highest BCUT2D eigenvalue weighted by atomic mass is 35.5. The van der Waals surface area contributed by atoms with E-state index in [2.05, 4.69) is 35.8 Å². The van der Waals surface area contributed by atoms with Gasteiger partial charge in [-0.15, -0.1) is 16.7 Å². The maximum Gasteiger partial charge on any atom is 0.101 e. The highest BCUT2D eigenvalue weighted by molar-refractivity contribution is 6.16. The van der Waals surface area contributed by atoms with Crippen LogP contribution in [-0.4, -0.2) is 15.0 Å². The van der Waals surface area contributed by atoms with Crippen LogP contribution in [0.3, 0.4) is 0 Å². The van der Waals surface area contributed by atoms with Crippen molar-refractivity contribution in [2.75, 3.05) is 0 Å². The Morgan fingerprint density at radius 1 is 1.35 bits per heavy atom. The van der Waals surface area contributed by atoms with E-state index in [0.717, 1.165) is 18.0 Å². The number of nitrogens with zero attached hydrogens (tertiary/aromatic N) is 3. The van der Waals surface area contributed by atoms with Gasteiger partial charge in [-0.05, 0) is 44.4 Å². The third-order valence-electron chi connectivity index (χ3n) is 3.65. The summed E-state index contributed by atoms with van der Waals surface area (Å²) in [6.45, 7) is 6.75. The molecule has 0 aromatic carbocycles. The van der Waals surface area contributed by atoms with Gasteiger partial charge in [0.05, 0.1) is 17.6 Å². The first-order valence-corrected chi connectivity index (χ1v) is 7.15. The fourth-order valence-corrected chi connectivity index (χ4v) is 2.45. The molecule has 17 heavy (non-hydrogen) atoms. The number of alkyl halides is 1. The Morgan fingerprint density at radius 3 is 2.59 bits per heavy atom. The van der Waals surface area contributed by atoms with Crippen LogP contribution in [0.5, 0.6) is 0 Å². The van der Waals surface area contributed by atoms with E-state index in [4.69, 9.17) is 11.6 Å². The molecule has 1 aliphatic rings. The predicted octanol–water partition coefficient (Wildman–Crippen LogP) is 3.58. The molecule has 1 heterocycles. The smallest absolute Gasteiger partial charge is 0.101 e. The van der Waals surface area contributed by atoms with Crippen molar-refractivity contribution in [2.24, 2.45) is 11.8 Å². The Morgan fingerprint density at radius 2 is 2.06 bits per heavy atom. The number of hydrogen-bond acceptors (Lipinski definition) is 2. The van der Waals surface area contributed by atoms with Gasteiger partial charge in [-0.3, -0.25) is 0 Å². The van der Waals surface area contributed by atoms with E-state index in [1.165, 1.54) is 25.0 Å². The van der Waals surface area contributed by atoms with E-state index in [1.807, 2.05) is 0 Å². The fraction of sp³-hybridized carbons (Fsp3) is 0.846. The van der Waals surface area contributed by atoms with E-state index in [1.54, 1.807) is 0 Å². The normalized spacial score (nSPS) is 17.7. The first-order chi connectivity index (χ1) is 8.13. The lowest BCUT2D eigenvalue weighted by Gasteiger charge is -2.15. The summed E-state index contributed by atoms with van der Waals surface area (Å²) in [6.07, 6.45) is 4.89. The lowest BCUT2D eigenvalue weighted by molar-refractivity contribution is 0.409. The zero-order valence-corrected chi connectivity index (χ0v) is 11.7. The first kappa shape index (κ1) is 12.9. The molecule has 96 valence electrons. The second-order valence-electron chi connectivity index (χ2n) is 5.57. The summed E-state index contributed by atoms with van der Waals surface area (Å²) in [7, 11) is 0. The standard InChI is InChI=1S/C13H22ClN3/c1-9(2)4-7-13-12(8-14)15-16-17(13)10(3)11-5-6-11/h9-11H,4-8H2,1-3H3. The zero-order chi connectivity index (χ0) is 12.4.